The van der Waals surface area contributed by atoms with Crippen molar-refractivity contribution in [3.63, 3.8) is 0 Å². The molecule has 0 aromatic carbocycles. The van der Waals surface area contributed by atoms with Crippen LogP contribution in [-0.4, -0.2) is 31.2 Å². The molecule has 74 valence electrons. The molecule has 0 saturated carbocycles. The van der Waals surface area contributed by atoms with E-state index in [4.69, 9.17) is 5.11 Å². The lowest BCUT2D eigenvalue weighted by atomic mass is 10.3. The summed E-state index contributed by atoms with van der Waals surface area (Å²) in [7, 11) is 0. The third-order valence-corrected chi connectivity index (χ3v) is 2.84. The van der Waals surface area contributed by atoms with Gasteiger partial charge in [-0.15, -0.1) is 0 Å². The van der Waals surface area contributed by atoms with Gasteiger partial charge >= 0.3 is 0 Å². The minimum atomic E-state index is -0.00861. The van der Waals surface area contributed by atoms with Gasteiger partial charge in [0.1, 0.15) is 15.5 Å². The van der Waals surface area contributed by atoms with Gasteiger partial charge in [-0.05, 0) is 29.5 Å². The fourth-order valence-electron chi connectivity index (χ4n) is 1.23. The fourth-order valence-corrected chi connectivity index (χ4v) is 1.74. The number of aliphatic hydroxyl groups is 1. The molecule has 0 radical (unpaired) electrons. The first kappa shape index (κ1) is 9.78. The predicted molar refractivity (Wildman–Crippen MR) is 59.8 cm³/mol. The maximum atomic E-state index is 9.04. The van der Waals surface area contributed by atoms with Crippen LogP contribution >= 0.6 is 22.6 Å². The van der Waals surface area contributed by atoms with E-state index in [0.29, 0.717) is 0 Å². The highest BCUT2D eigenvalue weighted by molar-refractivity contribution is 14.1. The molecule has 1 N–H and O–H groups in total. The molecule has 5 nitrogen and oxygen atoms in total. The second-order valence-corrected chi connectivity index (χ2v) is 4.04. The molecule has 0 saturated heterocycles. The van der Waals surface area contributed by atoms with E-state index in [2.05, 4.69) is 37.5 Å². The second kappa shape index (κ2) is 3.77. The molecule has 0 bridgehead atoms. The van der Waals surface area contributed by atoms with E-state index in [1.807, 2.05) is 11.5 Å². The smallest absolute Gasteiger partial charge is 0.164 e. The molecule has 2 aromatic heterocycles. The van der Waals surface area contributed by atoms with Gasteiger partial charge in [-0.25, -0.2) is 15.0 Å². The second-order valence-electron chi connectivity index (χ2n) is 3.02. The average Bonchev–Trinajstić information content (AvgIpc) is 2.62. The molecule has 6 heteroatoms. The average molecular weight is 304 g/mol. The molecule has 2 aromatic rings. The van der Waals surface area contributed by atoms with Crippen LogP contribution in [0.15, 0.2) is 12.7 Å². The molecule has 2 heterocycles. The molecule has 0 spiro atoms. The zero-order valence-corrected chi connectivity index (χ0v) is 9.71. The van der Waals surface area contributed by atoms with Crippen molar-refractivity contribution in [3.8, 4) is 0 Å². The SMILES string of the molecule is CC(CO)n1cnc2c(I)ncnc21. The monoisotopic (exact) mass is 304 g/mol. The van der Waals surface area contributed by atoms with E-state index in [0.717, 1.165) is 14.9 Å². The standard InChI is InChI=1S/C8H9IN4O/c1-5(2-14)13-4-12-6-7(9)10-3-11-8(6)13/h3-5,14H,2H2,1H3. The first-order valence-corrected chi connectivity index (χ1v) is 5.25. The van der Waals surface area contributed by atoms with Crippen molar-refractivity contribution in [2.24, 2.45) is 0 Å². The van der Waals surface area contributed by atoms with Gasteiger partial charge in [0, 0.05) is 0 Å². The summed E-state index contributed by atoms with van der Waals surface area (Å²) in [6.45, 7) is 1.99. The number of aromatic nitrogens is 4. The third kappa shape index (κ3) is 1.48. The first-order valence-electron chi connectivity index (χ1n) is 4.18. The summed E-state index contributed by atoms with van der Waals surface area (Å²) in [5.41, 5.74) is 1.55. The van der Waals surface area contributed by atoms with Crippen molar-refractivity contribution in [1.29, 1.82) is 0 Å². The Kier molecular flexibility index (Phi) is 2.64. The van der Waals surface area contributed by atoms with Gasteiger partial charge < -0.3 is 9.67 Å². The molecule has 1 atom stereocenters. The molecule has 0 amide bonds. The Bertz CT molecular complexity index is 456. The van der Waals surface area contributed by atoms with Gasteiger partial charge in [-0.3, -0.25) is 0 Å². The van der Waals surface area contributed by atoms with E-state index in [-0.39, 0.29) is 12.6 Å². The maximum Gasteiger partial charge on any atom is 0.164 e. The number of halogens is 1. The van der Waals surface area contributed by atoms with Crippen LogP contribution in [0.5, 0.6) is 0 Å². The molecule has 0 aliphatic heterocycles. The number of rotatable bonds is 2. The first-order chi connectivity index (χ1) is 6.74. The van der Waals surface area contributed by atoms with Gasteiger partial charge in [0.15, 0.2) is 5.65 Å². The van der Waals surface area contributed by atoms with Crippen LogP contribution in [0.4, 0.5) is 0 Å². The number of fused-ring (bicyclic) bond motifs is 1. The molecule has 0 aliphatic rings. The highest BCUT2D eigenvalue weighted by Crippen LogP contribution is 2.17. The molecule has 0 fully saturated rings. The van der Waals surface area contributed by atoms with Crippen molar-refractivity contribution in [2.45, 2.75) is 13.0 Å². The predicted octanol–water partition coefficient (Wildman–Crippen LogP) is 0.984. The van der Waals surface area contributed by atoms with E-state index in [9.17, 15) is 0 Å². The van der Waals surface area contributed by atoms with Gasteiger partial charge in [0.05, 0.1) is 19.0 Å². The summed E-state index contributed by atoms with van der Waals surface area (Å²) >= 11 is 2.12. The number of hydrogen-bond acceptors (Lipinski definition) is 4. The molecule has 1 unspecified atom stereocenters. The van der Waals surface area contributed by atoms with Crippen molar-refractivity contribution in [1.82, 2.24) is 19.5 Å². The minimum Gasteiger partial charge on any atom is -0.394 e. The van der Waals surface area contributed by atoms with Crippen molar-refractivity contribution in [3.05, 3.63) is 16.4 Å². The normalized spacial score (nSPS) is 13.4. The Balaban J connectivity index is 2.63. The summed E-state index contributed by atoms with van der Waals surface area (Å²) < 4.78 is 2.68. The van der Waals surface area contributed by atoms with Gasteiger partial charge in [-0.1, -0.05) is 0 Å². The van der Waals surface area contributed by atoms with Crippen LogP contribution in [0.3, 0.4) is 0 Å². The summed E-state index contributed by atoms with van der Waals surface area (Å²) in [5.74, 6) is 0. The Hall–Kier alpha value is -0.760. The number of hydrogen-bond donors (Lipinski definition) is 1. The highest BCUT2D eigenvalue weighted by Gasteiger charge is 2.11. The van der Waals surface area contributed by atoms with E-state index in [1.54, 1.807) is 6.33 Å². The van der Waals surface area contributed by atoms with Gasteiger partial charge in [0.25, 0.3) is 0 Å². The van der Waals surface area contributed by atoms with Crippen LogP contribution in [0.1, 0.15) is 13.0 Å². The maximum absolute atomic E-state index is 9.04. The zero-order chi connectivity index (χ0) is 10.1. The van der Waals surface area contributed by atoms with Crippen LogP contribution in [0.25, 0.3) is 11.2 Å². The molecule has 2 rings (SSSR count). The zero-order valence-electron chi connectivity index (χ0n) is 7.55. The Morgan fingerprint density at radius 3 is 3.00 bits per heavy atom. The van der Waals surface area contributed by atoms with Gasteiger partial charge in [0.2, 0.25) is 0 Å². The van der Waals surface area contributed by atoms with Crippen LogP contribution in [-0.2, 0) is 0 Å². The Morgan fingerprint density at radius 2 is 2.29 bits per heavy atom. The molecule has 14 heavy (non-hydrogen) atoms. The van der Waals surface area contributed by atoms with Crippen molar-refractivity contribution >= 4 is 33.8 Å². The number of imidazole rings is 1. The summed E-state index contributed by atoms with van der Waals surface area (Å²) in [6.07, 6.45) is 3.19. The Labute approximate surface area is 94.3 Å². The summed E-state index contributed by atoms with van der Waals surface area (Å²) in [4.78, 5) is 12.4. The Morgan fingerprint density at radius 1 is 1.50 bits per heavy atom. The van der Waals surface area contributed by atoms with Crippen molar-refractivity contribution in [2.75, 3.05) is 6.61 Å². The topological polar surface area (TPSA) is 63.8 Å². The van der Waals surface area contributed by atoms with E-state index in [1.165, 1.54) is 6.33 Å². The summed E-state index contributed by atoms with van der Waals surface area (Å²) in [5, 5.41) is 9.04. The van der Waals surface area contributed by atoms with E-state index < -0.39 is 0 Å². The van der Waals surface area contributed by atoms with Crippen LogP contribution in [0.2, 0.25) is 0 Å². The molecular formula is C8H9IN4O. The quantitative estimate of drug-likeness (QED) is 0.664. The van der Waals surface area contributed by atoms with E-state index >= 15 is 0 Å². The van der Waals surface area contributed by atoms with Crippen molar-refractivity contribution < 1.29 is 5.11 Å². The fraction of sp³-hybridized carbons (Fsp3) is 0.375. The minimum absolute atomic E-state index is 0.00861. The lowest BCUT2D eigenvalue weighted by molar-refractivity contribution is 0.241. The molecule has 0 aliphatic carbocycles. The number of nitrogens with zero attached hydrogens (tertiary/aromatic N) is 4. The summed E-state index contributed by atoms with van der Waals surface area (Å²) in [6, 6.07) is -0.00861. The van der Waals surface area contributed by atoms with Crippen LogP contribution < -0.4 is 0 Å². The van der Waals surface area contributed by atoms with Crippen LogP contribution in [0, 0.1) is 3.70 Å². The number of aliphatic hydroxyl groups excluding tert-OH is 1. The third-order valence-electron chi connectivity index (χ3n) is 2.05. The lowest BCUT2D eigenvalue weighted by Crippen LogP contribution is -2.08. The van der Waals surface area contributed by atoms with Gasteiger partial charge in [-0.2, -0.15) is 0 Å². The largest absolute Gasteiger partial charge is 0.394 e. The molecular weight excluding hydrogens is 295 g/mol. The highest BCUT2D eigenvalue weighted by atomic mass is 127. The lowest BCUT2D eigenvalue weighted by Gasteiger charge is -2.09.